The van der Waals surface area contributed by atoms with Gasteiger partial charge in [-0.2, -0.15) is 13.2 Å². The third-order valence-corrected chi connectivity index (χ3v) is 9.34. The number of nitrogens with one attached hydrogen (secondary N) is 1. The number of benzene rings is 3. The maximum atomic E-state index is 13.0. The highest BCUT2D eigenvalue weighted by Gasteiger charge is 2.34. The Morgan fingerprint density at radius 2 is 1.57 bits per heavy atom. The van der Waals surface area contributed by atoms with Crippen molar-refractivity contribution < 1.29 is 31.5 Å². The average molecular weight is 575 g/mol. The molecule has 6 nitrogen and oxygen atoms in total. The molecule has 40 heavy (non-hydrogen) atoms. The quantitative estimate of drug-likeness (QED) is 0.352. The highest BCUT2D eigenvalue weighted by molar-refractivity contribution is 7.91. The lowest BCUT2D eigenvalue weighted by Crippen LogP contribution is -2.30. The van der Waals surface area contributed by atoms with Gasteiger partial charge in [0.2, 0.25) is 0 Å². The minimum Gasteiger partial charge on any atom is -0.394 e. The van der Waals surface area contributed by atoms with E-state index < -0.39 is 27.6 Å². The summed E-state index contributed by atoms with van der Waals surface area (Å²) in [5.41, 5.74) is 2.23. The van der Waals surface area contributed by atoms with Crippen LogP contribution in [-0.2, 0) is 16.0 Å². The zero-order chi connectivity index (χ0) is 29.1. The van der Waals surface area contributed by atoms with Gasteiger partial charge in [-0.25, -0.2) is 8.42 Å². The number of carbonyl (C=O) groups is 1. The van der Waals surface area contributed by atoms with Gasteiger partial charge in [0.05, 0.1) is 28.9 Å². The molecule has 3 aromatic carbocycles. The number of hydrogen-bond donors (Lipinski definition) is 2. The number of aliphatic hydroxyl groups is 1. The summed E-state index contributed by atoms with van der Waals surface area (Å²) in [6.45, 7) is 4.76. The van der Waals surface area contributed by atoms with Gasteiger partial charge in [-0.15, -0.1) is 0 Å². The highest BCUT2D eigenvalue weighted by atomic mass is 32.2. The van der Waals surface area contributed by atoms with Crippen molar-refractivity contribution in [3.63, 3.8) is 0 Å². The summed E-state index contributed by atoms with van der Waals surface area (Å²) < 4.78 is 63.0. The molecule has 0 bridgehead atoms. The van der Waals surface area contributed by atoms with Crippen molar-refractivity contribution in [2.75, 3.05) is 25.4 Å². The first-order chi connectivity index (χ1) is 19.0. The van der Waals surface area contributed by atoms with Crippen molar-refractivity contribution in [3.8, 4) is 0 Å². The van der Waals surface area contributed by atoms with E-state index in [1.807, 2.05) is 19.1 Å². The Morgan fingerprint density at radius 3 is 2.10 bits per heavy atom. The van der Waals surface area contributed by atoms with E-state index in [4.69, 9.17) is 0 Å². The minimum absolute atomic E-state index is 0.0188. The van der Waals surface area contributed by atoms with Crippen LogP contribution in [-0.4, -0.2) is 49.8 Å². The third kappa shape index (κ3) is 6.56. The van der Waals surface area contributed by atoms with E-state index >= 15 is 0 Å². The van der Waals surface area contributed by atoms with Crippen molar-refractivity contribution in [3.05, 3.63) is 101 Å². The fourth-order valence-corrected chi connectivity index (χ4v) is 6.08. The van der Waals surface area contributed by atoms with Crippen LogP contribution in [0.2, 0.25) is 0 Å². The molecule has 0 aliphatic carbocycles. The number of halogens is 3. The minimum atomic E-state index is -4.36. The van der Waals surface area contributed by atoms with E-state index in [-0.39, 0.29) is 35.1 Å². The molecular formula is C30H33F3N2O4S. The highest BCUT2D eigenvalue weighted by Crippen LogP contribution is 2.41. The number of likely N-dealkylation sites (tertiary alicyclic amines) is 1. The molecule has 1 aliphatic heterocycles. The van der Waals surface area contributed by atoms with Crippen molar-refractivity contribution in [2.24, 2.45) is 0 Å². The van der Waals surface area contributed by atoms with Gasteiger partial charge in [-0.1, -0.05) is 50.2 Å². The molecule has 1 fully saturated rings. The fourth-order valence-electron chi connectivity index (χ4n) is 5.19. The molecule has 1 saturated heterocycles. The summed E-state index contributed by atoms with van der Waals surface area (Å²) in [6.07, 6.45) is -3.61. The molecule has 3 aromatic rings. The summed E-state index contributed by atoms with van der Waals surface area (Å²) in [7, 11) is -3.35. The van der Waals surface area contributed by atoms with Crippen LogP contribution in [0.5, 0.6) is 0 Å². The first-order valence-corrected chi connectivity index (χ1v) is 14.9. The second-order valence-electron chi connectivity index (χ2n) is 9.96. The largest absolute Gasteiger partial charge is 0.416 e. The lowest BCUT2D eigenvalue weighted by Gasteiger charge is -2.23. The first-order valence-electron chi connectivity index (χ1n) is 13.2. The van der Waals surface area contributed by atoms with Gasteiger partial charge in [-0.3, -0.25) is 9.69 Å². The molecule has 0 spiro atoms. The molecule has 0 radical (unpaired) electrons. The van der Waals surface area contributed by atoms with E-state index in [1.54, 1.807) is 43.3 Å². The Balaban J connectivity index is 1.43. The van der Waals surface area contributed by atoms with E-state index in [9.17, 15) is 31.5 Å². The van der Waals surface area contributed by atoms with Crippen molar-refractivity contribution in [1.29, 1.82) is 0 Å². The SMILES string of the molecule is CCN1CC(c2ccc(C(F)(F)F)cc2)CC1c1ccc(C(=O)N[C@@H](CO)c2ccc(S(=O)(=O)CC)cc2)cc1. The third-order valence-electron chi connectivity index (χ3n) is 7.59. The van der Waals surface area contributed by atoms with Gasteiger partial charge in [-0.05, 0) is 72.0 Å². The van der Waals surface area contributed by atoms with Gasteiger partial charge < -0.3 is 10.4 Å². The van der Waals surface area contributed by atoms with Gasteiger partial charge in [0.15, 0.2) is 9.84 Å². The molecular weight excluding hydrogens is 541 g/mol. The van der Waals surface area contributed by atoms with Crippen molar-refractivity contribution in [2.45, 2.75) is 49.3 Å². The summed E-state index contributed by atoms with van der Waals surface area (Å²) in [6, 6.07) is 18.1. The number of likely N-dealkylation sites (N-methyl/N-ethyl adjacent to an activating group) is 1. The van der Waals surface area contributed by atoms with Gasteiger partial charge in [0.25, 0.3) is 5.91 Å². The molecule has 0 aromatic heterocycles. The summed E-state index contributed by atoms with van der Waals surface area (Å²) in [5, 5.41) is 12.7. The maximum absolute atomic E-state index is 13.0. The molecule has 2 unspecified atom stereocenters. The van der Waals surface area contributed by atoms with Gasteiger partial charge in [0, 0.05) is 18.2 Å². The van der Waals surface area contributed by atoms with E-state index in [2.05, 4.69) is 10.2 Å². The number of alkyl halides is 3. The zero-order valence-electron chi connectivity index (χ0n) is 22.4. The van der Waals surface area contributed by atoms with Crippen LogP contribution >= 0.6 is 0 Å². The van der Waals surface area contributed by atoms with E-state index in [1.165, 1.54) is 12.1 Å². The summed E-state index contributed by atoms with van der Waals surface area (Å²) in [5.74, 6) is -0.300. The number of sulfone groups is 1. The number of rotatable bonds is 9. The topological polar surface area (TPSA) is 86.7 Å². The second-order valence-corrected chi connectivity index (χ2v) is 12.2. The molecule has 1 heterocycles. The summed E-state index contributed by atoms with van der Waals surface area (Å²) in [4.78, 5) is 15.4. The predicted octanol–water partition coefficient (Wildman–Crippen LogP) is 5.51. The van der Waals surface area contributed by atoms with Crippen LogP contribution in [0.25, 0.3) is 0 Å². The molecule has 4 rings (SSSR count). The second kappa shape index (κ2) is 12.1. The molecule has 1 aliphatic rings. The Kier molecular flexibility index (Phi) is 9.02. The van der Waals surface area contributed by atoms with Gasteiger partial charge >= 0.3 is 6.18 Å². The predicted molar refractivity (Wildman–Crippen MR) is 147 cm³/mol. The normalized spacial score (nSPS) is 18.9. The first kappa shape index (κ1) is 29.8. The molecule has 3 atom stereocenters. The van der Waals surface area contributed by atoms with Crippen LogP contribution < -0.4 is 5.32 Å². The Hall–Kier alpha value is -3.21. The van der Waals surface area contributed by atoms with E-state index in [0.29, 0.717) is 11.1 Å². The number of aliphatic hydroxyl groups excluding tert-OH is 1. The molecule has 2 N–H and O–H groups in total. The number of nitrogens with zero attached hydrogens (tertiary/aromatic N) is 1. The lowest BCUT2D eigenvalue weighted by atomic mass is 9.93. The van der Waals surface area contributed by atoms with Crippen molar-refractivity contribution in [1.82, 2.24) is 10.2 Å². The molecule has 1 amide bonds. The average Bonchev–Trinajstić information content (AvgIpc) is 3.40. The van der Waals surface area contributed by atoms with E-state index in [0.717, 1.165) is 42.8 Å². The van der Waals surface area contributed by atoms with Gasteiger partial charge in [0.1, 0.15) is 0 Å². The number of hydrogen-bond acceptors (Lipinski definition) is 5. The maximum Gasteiger partial charge on any atom is 0.416 e. The Labute approximate surface area is 232 Å². The number of amides is 1. The Bertz CT molecular complexity index is 1410. The monoisotopic (exact) mass is 574 g/mol. The van der Waals surface area contributed by atoms with Crippen LogP contribution in [0.15, 0.2) is 77.7 Å². The van der Waals surface area contributed by atoms with Crippen molar-refractivity contribution >= 4 is 15.7 Å². The molecule has 214 valence electrons. The zero-order valence-corrected chi connectivity index (χ0v) is 23.2. The molecule has 10 heteroatoms. The smallest absolute Gasteiger partial charge is 0.394 e. The number of carbonyl (C=O) groups excluding carboxylic acids is 1. The molecule has 0 saturated carbocycles. The van der Waals surface area contributed by atoms with Crippen LogP contribution in [0.4, 0.5) is 13.2 Å². The Morgan fingerprint density at radius 1 is 0.975 bits per heavy atom. The fraction of sp³-hybridized carbons (Fsp3) is 0.367. The standard InChI is InChI=1S/C30H33F3N2O4S/c1-3-35-18-24(20-9-13-25(14-10-20)30(31,32)33)17-28(35)22-5-7-23(8-6-22)29(37)34-27(19-36)21-11-15-26(16-12-21)40(38,39)4-2/h5-16,24,27-28,36H,3-4,17-19H2,1-2H3,(H,34,37)/t24?,27-,28?/m0/s1. The van der Waals surface area contributed by atoms with Crippen LogP contribution in [0.3, 0.4) is 0 Å². The van der Waals surface area contributed by atoms with Crippen LogP contribution in [0.1, 0.15) is 70.9 Å². The summed E-state index contributed by atoms with van der Waals surface area (Å²) >= 11 is 0. The lowest BCUT2D eigenvalue weighted by molar-refractivity contribution is -0.137. The van der Waals surface area contributed by atoms with Crippen LogP contribution in [0, 0.1) is 0 Å².